The van der Waals surface area contributed by atoms with Crippen LogP contribution in [-0.2, 0) is 4.79 Å². The highest BCUT2D eigenvalue weighted by Gasteiger charge is 2.34. The zero-order valence-corrected chi connectivity index (χ0v) is 28.3. The molecule has 0 spiro atoms. The number of nitrogens with one attached hydrogen (secondary N) is 1. The molecule has 1 fully saturated rings. The first kappa shape index (κ1) is 33.1. The number of piperidine rings is 1. The molecule has 48 heavy (non-hydrogen) atoms. The van der Waals surface area contributed by atoms with Gasteiger partial charge < -0.3 is 21.1 Å². The molecule has 6 rings (SSSR count). The van der Waals surface area contributed by atoms with E-state index in [1.807, 2.05) is 40.7 Å². The standard InChI is InChI=1S/C35H34ClN7O4S/c1-19-20(2)48-34-30(19)31(22-6-9-25(36)10-7-22)39-28(32-41-40-21(3)43(32)34)18-29(44)42-15-12-26(13-16-42)38-33(45)24-8-11-27(35(46)47)23(17-24)5-4-14-37/h6-11,17,26,28H,12-16,18,37H2,1-3H3,(H,38,45)(H,46,47)/t28-/m0/s1. The molecule has 0 saturated carbocycles. The lowest BCUT2D eigenvalue weighted by atomic mass is 9.99. The number of thiophene rings is 1. The van der Waals surface area contributed by atoms with Gasteiger partial charge in [0.15, 0.2) is 5.82 Å². The number of hydrogen-bond acceptors (Lipinski definition) is 8. The van der Waals surface area contributed by atoms with Crippen LogP contribution in [0.25, 0.3) is 5.00 Å². The van der Waals surface area contributed by atoms with E-state index < -0.39 is 12.0 Å². The topological polar surface area (TPSA) is 156 Å². The highest BCUT2D eigenvalue weighted by molar-refractivity contribution is 7.15. The molecule has 2 aliphatic rings. The van der Waals surface area contributed by atoms with Gasteiger partial charge >= 0.3 is 5.97 Å². The first-order valence-corrected chi connectivity index (χ1v) is 16.8. The number of rotatable bonds is 6. The number of nitrogens with zero attached hydrogens (tertiary/aromatic N) is 5. The van der Waals surface area contributed by atoms with E-state index in [0.29, 0.717) is 42.3 Å². The highest BCUT2D eigenvalue weighted by Crippen LogP contribution is 2.40. The summed E-state index contributed by atoms with van der Waals surface area (Å²) >= 11 is 7.88. The largest absolute Gasteiger partial charge is 0.478 e. The Bertz CT molecular complexity index is 2010. The van der Waals surface area contributed by atoms with E-state index in [9.17, 15) is 19.5 Å². The summed E-state index contributed by atoms with van der Waals surface area (Å²) in [6, 6.07) is 11.2. The number of fused-ring (bicyclic) bond motifs is 3. The quantitative estimate of drug-likeness (QED) is 0.251. The number of nitrogens with two attached hydrogens (primary N) is 1. The average molecular weight is 684 g/mol. The van der Waals surface area contributed by atoms with Gasteiger partial charge in [-0.2, -0.15) is 0 Å². The fraction of sp³-hybridized carbons (Fsp3) is 0.314. The van der Waals surface area contributed by atoms with Crippen LogP contribution < -0.4 is 11.1 Å². The van der Waals surface area contributed by atoms with Gasteiger partial charge in [-0.25, -0.2) is 4.79 Å². The summed E-state index contributed by atoms with van der Waals surface area (Å²) in [5.74, 6) is 5.22. The van der Waals surface area contributed by atoms with Gasteiger partial charge in [0.2, 0.25) is 5.91 Å². The average Bonchev–Trinajstić information content (AvgIpc) is 3.55. The van der Waals surface area contributed by atoms with Gasteiger partial charge in [-0.1, -0.05) is 35.6 Å². The van der Waals surface area contributed by atoms with Crippen molar-refractivity contribution in [2.24, 2.45) is 10.7 Å². The molecule has 0 radical (unpaired) electrons. The second-order valence-corrected chi connectivity index (χ2v) is 13.4. The summed E-state index contributed by atoms with van der Waals surface area (Å²) in [5, 5.41) is 23.0. The number of carbonyl (C=O) groups excluding carboxylic acids is 2. The minimum absolute atomic E-state index is 0.00637. The number of aliphatic imine (C=N–C) groups is 1. The molecule has 0 unspecified atom stereocenters. The van der Waals surface area contributed by atoms with Crippen molar-refractivity contribution in [3.05, 3.63) is 97.4 Å². The van der Waals surface area contributed by atoms with Crippen LogP contribution in [0.4, 0.5) is 0 Å². The summed E-state index contributed by atoms with van der Waals surface area (Å²) in [6.45, 7) is 7.08. The van der Waals surface area contributed by atoms with Crippen LogP contribution in [0.15, 0.2) is 47.5 Å². The predicted octanol–water partition coefficient (Wildman–Crippen LogP) is 4.62. The molecule has 11 nitrogen and oxygen atoms in total. The Morgan fingerprint density at radius 1 is 1.08 bits per heavy atom. The van der Waals surface area contributed by atoms with E-state index in [2.05, 4.69) is 41.2 Å². The molecule has 0 bridgehead atoms. The molecule has 1 saturated heterocycles. The van der Waals surface area contributed by atoms with Gasteiger partial charge in [-0.05, 0) is 69.5 Å². The first-order valence-electron chi connectivity index (χ1n) is 15.6. The number of aryl methyl sites for hydroxylation is 2. The Hall–Kier alpha value is -4.83. The number of carboxylic acid groups (broad SMARTS) is 1. The maximum absolute atomic E-state index is 13.8. The van der Waals surface area contributed by atoms with Gasteiger partial charge in [-0.3, -0.25) is 19.1 Å². The summed E-state index contributed by atoms with van der Waals surface area (Å²) in [7, 11) is 0. The maximum Gasteiger partial charge on any atom is 0.336 e. The molecule has 13 heteroatoms. The fourth-order valence-electron chi connectivity index (χ4n) is 6.09. The van der Waals surface area contributed by atoms with E-state index in [4.69, 9.17) is 22.3 Å². The highest BCUT2D eigenvalue weighted by atomic mass is 35.5. The van der Waals surface area contributed by atoms with Gasteiger partial charge in [0, 0.05) is 51.3 Å². The summed E-state index contributed by atoms with van der Waals surface area (Å²) in [5.41, 5.74) is 9.82. The Morgan fingerprint density at radius 2 is 1.81 bits per heavy atom. The normalized spacial score (nSPS) is 15.8. The zero-order valence-electron chi connectivity index (χ0n) is 26.7. The Labute approximate surface area is 286 Å². The Kier molecular flexibility index (Phi) is 9.46. The molecular weight excluding hydrogens is 650 g/mol. The molecule has 2 aliphatic heterocycles. The zero-order chi connectivity index (χ0) is 34.1. The fourth-order valence-corrected chi connectivity index (χ4v) is 7.43. The van der Waals surface area contributed by atoms with Crippen molar-refractivity contribution in [3.63, 3.8) is 0 Å². The van der Waals surface area contributed by atoms with E-state index in [-0.39, 0.29) is 41.9 Å². The lowest BCUT2D eigenvalue weighted by Gasteiger charge is -2.33. The Morgan fingerprint density at radius 3 is 2.50 bits per heavy atom. The molecule has 2 amide bonds. The van der Waals surface area contributed by atoms with Crippen LogP contribution in [0, 0.1) is 32.6 Å². The van der Waals surface area contributed by atoms with Crippen molar-refractivity contribution in [1.29, 1.82) is 0 Å². The summed E-state index contributed by atoms with van der Waals surface area (Å²) in [4.78, 5) is 46.7. The van der Waals surface area contributed by atoms with Crippen LogP contribution in [0.3, 0.4) is 0 Å². The van der Waals surface area contributed by atoms with Crippen molar-refractivity contribution in [1.82, 2.24) is 25.0 Å². The number of halogens is 1. The molecular formula is C35H34ClN7O4S. The van der Waals surface area contributed by atoms with Gasteiger partial charge in [0.05, 0.1) is 24.2 Å². The number of benzene rings is 2. The van der Waals surface area contributed by atoms with Crippen molar-refractivity contribution in [2.45, 2.75) is 52.1 Å². The van der Waals surface area contributed by atoms with Crippen LogP contribution in [-0.4, -0.2) is 73.9 Å². The van der Waals surface area contributed by atoms with Gasteiger partial charge in [0.1, 0.15) is 16.9 Å². The maximum atomic E-state index is 13.8. The van der Waals surface area contributed by atoms with E-state index in [1.165, 1.54) is 23.1 Å². The molecule has 4 heterocycles. The molecule has 0 aliphatic carbocycles. The van der Waals surface area contributed by atoms with Gasteiger partial charge in [0.25, 0.3) is 5.91 Å². The van der Waals surface area contributed by atoms with Crippen molar-refractivity contribution in [2.75, 3.05) is 19.6 Å². The molecule has 246 valence electrons. The van der Waals surface area contributed by atoms with Gasteiger partial charge in [-0.15, -0.1) is 21.5 Å². The minimum atomic E-state index is -1.13. The number of carboxylic acids is 1. The summed E-state index contributed by atoms with van der Waals surface area (Å²) in [6.07, 6.45) is 1.25. The SMILES string of the molecule is Cc1sc2c(c1C)C(c1ccc(Cl)cc1)=N[C@@H](CC(=O)N1CCC(NC(=O)c3ccc(C(=O)O)c(C#CCN)c3)CC1)c1nnc(C)n1-2. The third-order valence-corrected chi connectivity index (χ3v) is 10.2. The van der Waals surface area contributed by atoms with E-state index in [1.54, 1.807) is 11.3 Å². The number of aromatic nitrogens is 3. The van der Waals surface area contributed by atoms with Crippen molar-refractivity contribution < 1.29 is 19.5 Å². The second kappa shape index (κ2) is 13.7. The second-order valence-electron chi connectivity index (χ2n) is 11.8. The minimum Gasteiger partial charge on any atom is -0.478 e. The molecule has 4 aromatic rings. The van der Waals surface area contributed by atoms with Crippen LogP contribution in [0.5, 0.6) is 0 Å². The Balaban J connectivity index is 1.18. The van der Waals surface area contributed by atoms with E-state index >= 15 is 0 Å². The molecule has 1 atom stereocenters. The lowest BCUT2D eigenvalue weighted by molar-refractivity contribution is -0.132. The third kappa shape index (κ3) is 6.49. The molecule has 2 aromatic heterocycles. The van der Waals surface area contributed by atoms with Crippen LogP contribution in [0.1, 0.15) is 84.8 Å². The number of likely N-dealkylation sites (tertiary alicyclic amines) is 1. The molecule has 4 N–H and O–H groups in total. The number of hydrogen-bond donors (Lipinski definition) is 3. The van der Waals surface area contributed by atoms with Crippen LogP contribution >= 0.6 is 22.9 Å². The third-order valence-electron chi connectivity index (χ3n) is 8.75. The first-order chi connectivity index (χ1) is 23.0. The number of aromatic carboxylic acids is 1. The molecule has 2 aromatic carbocycles. The van der Waals surface area contributed by atoms with Crippen LogP contribution in [0.2, 0.25) is 5.02 Å². The monoisotopic (exact) mass is 683 g/mol. The lowest BCUT2D eigenvalue weighted by Crippen LogP contribution is -2.46. The van der Waals surface area contributed by atoms with Crippen molar-refractivity contribution in [3.8, 4) is 16.8 Å². The van der Waals surface area contributed by atoms with Crippen molar-refractivity contribution >= 4 is 46.4 Å². The number of carbonyl (C=O) groups is 3. The number of amides is 2. The summed E-state index contributed by atoms with van der Waals surface area (Å²) < 4.78 is 2.03. The smallest absolute Gasteiger partial charge is 0.336 e. The predicted molar refractivity (Wildman–Crippen MR) is 184 cm³/mol. The van der Waals surface area contributed by atoms with E-state index in [0.717, 1.165) is 33.2 Å².